The van der Waals surface area contributed by atoms with Crippen molar-refractivity contribution in [3.05, 3.63) is 35.4 Å². The molecule has 0 aliphatic carbocycles. The minimum Gasteiger partial charge on any atom is -0.480 e. The molecule has 1 aromatic rings. The third-order valence-electron chi connectivity index (χ3n) is 2.55. The van der Waals surface area contributed by atoms with Crippen LogP contribution in [0.4, 0.5) is 0 Å². The van der Waals surface area contributed by atoms with Gasteiger partial charge < -0.3 is 10.4 Å². The van der Waals surface area contributed by atoms with Gasteiger partial charge in [0.05, 0.1) is 0 Å². The molecule has 0 spiro atoms. The fourth-order valence-corrected chi connectivity index (χ4v) is 2.68. The van der Waals surface area contributed by atoms with Crippen LogP contribution < -0.4 is 5.32 Å². The van der Waals surface area contributed by atoms with Crippen molar-refractivity contribution in [3.8, 4) is 0 Å². The molecule has 94 valence electrons. The summed E-state index contributed by atoms with van der Waals surface area (Å²) in [5, 5.41) is 11.9. The Kier molecular flexibility index (Phi) is 6.08. The lowest BCUT2D eigenvalue weighted by molar-refractivity contribution is -0.138. The van der Waals surface area contributed by atoms with E-state index in [1.54, 1.807) is 11.8 Å². The van der Waals surface area contributed by atoms with E-state index in [4.69, 9.17) is 5.11 Å². The Balaban J connectivity index is 2.41. The van der Waals surface area contributed by atoms with E-state index in [0.29, 0.717) is 12.3 Å². The maximum absolute atomic E-state index is 10.9. The summed E-state index contributed by atoms with van der Waals surface area (Å²) in [5.74, 6) is 0.684. The lowest BCUT2D eigenvalue weighted by Crippen LogP contribution is -2.38. The Labute approximate surface area is 107 Å². The van der Waals surface area contributed by atoms with E-state index >= 15 is 0 Å². The van der Waals surface area contributed by atoms with E-state index in [9.17, 15) is 4.79 Å². The second kappa shape index (κ2) is 7.35. The Morgan fingerprint density at radius 1 is 1.47 bits per heavy atom. The normalized spacial score (nSPS) is 12.4. The molecule has 3 nitrogen and oxygen atoms in total. The average Bonchev–Trinajstić information content (AvgIpc) is 2.30. The van der Waals surface area contributed by atoms with Gasteiger partial charge in [-0.2, -0.15) is 11.8 Å². The predicted octanol–water partition coefficient (Wildman–Crippen LogP) is 2.29. The van der Waals surface area contributed by atoms with Gasteiger partial charge in [0.25, 0.3) is 0 Å². The van der Waals surface area contributed by atoms with Crippen molar-refractivity contribution in [3.63, 3.8) is 0 Å². The fourth-order valence-electron chi connectivity index (χ4n) is 1.52. The van der Waals surface area contributed by atoms with Crippen LogP contribution in [0.1, 0.15) is 18.1 Å². The van der Waals surface area contributed by atoms with Gasteiger partial charge in [-0.15, -0.1) is 0 Å². The number of nitrogens with one attached hydrogen (secondary N) is 1. The van der Waals surface area contributed by atoms with Gasteiger partial charge in [0.15, 0.2) is 0 Å². The predicted molar refractivity (Wildman–Crippen MR) is 72.4 cm³/mol. The van der Waals surface area contributed by atoms with Crippen LogP contribution in [0.5, 0.6) is 0 Å². The number of carboxylic acids is 1. The zero-order valence-electron chi connectivity index (χ0n) is 10.3. The summed E-state index contributed by atoms with van der Waals surface area (Å²) in [6, 6.07) is 7.75. The van der Waals surface area contributed by atoms with Crippen LogP contribution in [0.3, 0.4) is 0 Å². The molecule has 17 heavy (non-hydrogen) atoms. The highest BCUT2D eigenvalue weighted by Gasteiger charge is 2.15. The van der Waals surface area contributed by atoms with Gasteiger partial charge in [-0.3, -0.25) is 4.79 Å². The first-order valence-electron chi connectivity index (χ1n) is 5.73. The minimum atomic E-state index is -0.774. The highest BCUT2D eigenvalue weighted by molar-refractivity contribution is 7.98. The van der Waals surface area contributed by atoms with Crippen molar-refractivity contribution in [1.82, 2.24) is 5.32 Å². The number of aryl methyl sites for hydroxylation is 1. The molecule has 1 aromatic carbocycles. The quantitative estimate of drug-likeness (QED) is 0.783. The number of thioether (sulfide) groups is 1. The number of carbonyl (C=O) groups is 1. The van der Waals surface area contributed by atoms with Crippen molar-refractivity contribution in [2.24, 2.45) is 0 Å². The van der Waals surface area contributed by atoms with Gasteiger partial charge in [-0.1, -0.05) is 31.2 Å². The van der Waals surface area contributed by atoms with Crippen molar-refractivity contribution in [2.45, 2.75) is 25.6 Å². The van der Waals surface area contributed by atoms with Gasteiger partial charge in [0.2, 0.25) is 0 Å². The minimum absolute atomic E-state index is 0.450. The first kappa shape index (κ1) is 14.1. The zero-order valence-corrected chi connectivity index (χ0v) is 11.1. The van der Waals surface area contributed by atoms with E-state index < -0.39 is 12.0 Å². The van der Waals surface area contributed by atoms with Crippen LogP contribution in [0.2, 0.25) is 0 Å². The SMILES string of the molecule is CCNC(CSCc1ccccc1C)C(=O)O. The Bertz CT molecular complexity index is 368. The summed E-state index contributed by atoms with van der Waals surface area (Å²) in [4.78, 5) is 10.9. The Morgan fingerprint density at radius 3 is 2.76 bits per heavy atom. The summed E-state index contributed by atoms with van der Waals surface area (Å²) in [5.41, 5.74) is 2.54. The van der Waals surface area contributed by atoms with Crippen LogP contribution in [0.25, 0.3) is 0 Å². The summed E-state index contributed by atoms with van der Waals surface area (Å²) in [6.45, 7) is 4.68. The summed E-state index contributed by atoms with van der Waals surface area (Å²) < 4.78 is 0. The molecule has 4 heteroatoms. The molecule has 0 amide bonds. The van der Waals surface area contributed by atoms with Crippen LogP contribution in [0.15, 0.2) is 24.3 Å². The molecule has 2 N–H and O–H groups in total. The molecule has 0 heterocycles. The fraction of sp³-hybridized carbons (Fsp3) is 0.462. The van der Waals surface area contributed by atoms with Gasteiger partial charge >= 0.3 is 5.97 Å². The van der Waals surface area contributed by atoms with E-state index in [-0.39, 0.29) is 0 Å². The molecule has 0 saturated carbocycles. The van der Waals surface area contributed by atoms with Crippen molar-refractivity contribution < 1.29 is 9.90 Å². The van der Waals surface area contributed by atoms with E-state index in [1.165, 1.54) is 11.1 Å². The topological polar surface area (TPSA) is 49.3 Å². The molecular weight excluding hydrogens is 234 g/mol. The second-order valence-corrected chi connectivity index (χ2v) is 4.92. The van der Waals surface area contributed by atoms with Crippen LogP contribution >= 0.6 is 11.8 Å². The lowest BCUT2D eigenvalue weighted by Gasteiger charge is -2.13. The third-order valence-corrected chi connectivity index (χ3v) is 3.64. The number of hydrogen-bond donors (Lipinski definition) is 2. The van der Waals surface area contributed by atoms with Crippen LogP contribution in [-0.2, 0) is 10.5 Å². The molecule has 0 bridgehead atoms. The number of carboxylic acid groups (broad SMARTS) is 1. The zero-order chi connectivity index (χ0) is 12.7. The van der Waals surface area contributed by atoms with Gasteiger partial charge in [-0.05, 0) is 24.6 Å². The van der Waals surface area contributed by atoms with E-state index in [2.05, 4.69) is 24.4 Å². The van der Waals surface area contributed by atoms with Crippen LogP contribution in [-0.4, -0.2) is 29.4 Å². The lowest BCUT2D eigenvalue weighted by atomic mass is 10.1. The van der Waals surface area contributed by atoms with Gasteiger partial charge in [-0.25, -0.2) is 0 Å². The van der Waals surface area contributed by atoms with E-state index in [0.717, 1.165) is 5.75 Å². The molecular formula is C13H19NO2S. The molecule has 0 aliphatic heterocycles. The standard InChI is InChI=1S/C13H19NO2S/c1-3-14-12(13(15)16)9-17-8-11-7-5-4-6-10(11)2/h4-7,12,14H,3,8-9H2,1-2H3,(H,15,16). The Morgan fingerprint density at radius 2 is 2.18 bits per heavy atom. The summed E-state index contributed by atoms with van der Waals surface area (Å²) in [6.07, 6.45) is 0. The molecule has 0 saturated heterocycles. The van der Waals surface area contributed by atoms with Crippen molar-refractivity contribution in [2.75, 3.05) is 12.3 Å². The monoisotopic (exact) mass is 253 g/mol. The number of aliphatic carboxylic acids is 1. The average molecular weight is 253 g/mol. The van der Waals surface area contributed by atoms with E-state index in [1.807, 2.05) is 19.1 Å². The number of likely N-dealkylation sites (N-methyl/N-ethyl adjacent to an activating group) is 1. The molecule has 0 aromatic heterocycles. The highest BCUT2D eigenvalue weighted by Crippen LogP contribution is 2.16. The molecule has 1 rings (SSSR count). The van der Waals surface area contributed by atoms with Crippen LogP contribution in [0, 0.1) is 6.92 Å². The molecule has 0 fully saturated rings. The maximum Gasteiger partial charge on any atom is 0.321 e. The first-order chi connectivity index (χ1) is 8.15. The number of benzene rings is 1. The third kappa shape index (κ3) is 4.79. The largest absolute Gasteiger partial charge is 0.480 e. The summed E-state index contributed by atoms with van der Waals surface area (Å²) >= 11 is 1.65. The van der Waals surface area contributed by atoms with Crippen molar-refractivity contribution in [1.29, 1.82) is 0 Å². The molecule has 0 aliphatic rings. The smallest absolute Gasteiger partial charge is 0.321 e. The molecule has 1 unspecified atom stereocenters. The Hall–Kier alpha value is -1.00. The first-order valence-corrected chi connectivity index (χ1v) is 6.89. The van der Waals surface area contributed by atoms with Gasteiger partial charge in [0.1, 0.15) is 6.04 Å². The number of rotatable bonds is 7. The molecule has 0 radical (unpaired) electrons. The summed E-state index contributed by atoms with van der Waals surface area (Å²) in [7, 11) is 0. The maximum atomic E-state index is 10.9. The second-order valence-electron chi connectivity index (χ2n) is 3.89. The highest BCUT2D eigenvalue weighted by atomic mass is 32.2. The van der Waals surface area contributed by atoms with Gasteiger partial charge in [0, 0.05) is 11.5 Å². The molecule has 1 atom stereocenters. The van der Waals surface area contributed by atoms with Crippen molar-refractivity contribution >= 4 is 17.7 Å². The number of hydrogen-bond acceptors (Lipinski definition) is 3.